The summed E-state index contributed by atoms with van der Waals surface area (Å²) in [5.41, 5.74) is -0.229. The zero-order valence-corrected chi connectivity index (χ0v) is 10.6. The van der Waals surface area contributed by atoms with Crippen LogP contribution in [0.2, 0.25) is 0 Å². The summed E-state index contributed by atoms with van der Waals surface area (Å²) in [5, 5.41) is 13.7. The smallest absolute Gasteiger partial charge is 0.262 e. The number of fused-ring (bicyclic) bond motifs is 1. The molecule has 0 bridgehead atoms. The Morgan fingerprint density at radius 1 is 1.67 bits per heavy atom. The van der Waals surface area contributed by atoms with Crippen molar-refractivity contribution in [3.63, 3.8) is 0 Å². The normalized spacial score (nSPS) is 12.6. The van der Waals surface area contributed by atoms with Gasteiger partial charge in [0.15, 0.2) is 0 Å². The highest BCUT2D eigenvalue weighted by molar-refractivity contribution is 7.16. The molecule has 0 fully saturated rings. The van der Waals surface area contributed by atoms with Gasteiger partial charge in [-0.3, -0.25) is 14.2 Å². The van der Waals surface area contributed by atoms with Crippen LogP contribution in [0.1, 0.15) is 6.92 Å². The Morgan fingerprint density at radius 3 is 3.17 bits per heavy atom. The van der Waals surface area contributed by atoms with E-state index in [1.165, 1.54) is 22.2 Å². The van der Waals surface area contributed by atoms with Gasteiger partial charge in [-0.25, -0.2) is 4.98 Å². The second kappa shape index (κ2) is 5.28. The van der Waals surface area contributed by atoms with Crippen LogP contribution in [-0.2, 0) is 11.3 Å². The number of rotatable bonds is 4. The van der Waals surface area contributed by atoms with Crippen LogP contribution in [0.3, 0.4) is 0 Å². The lowest BCUT2D eigenvalue weighted by molar-refractivity contribution is -0.122. The summed E-state index contributed by atoms with van der Waals surface area (Å²) < 4.78 is 1.26. The number of carbonyl (C=O) groups is 1. The Labute approximate surface area is 107 Å². The number of aliphatic hydroxyl groups excluding tert-OH is 1. The van der Waals surface area contributed by atoms with E-state index in [1.54, 1.807) is 18.4 Å². The minimum Gasteiger partial charge on any atom is -0.394 e. The number of amides is 1. The minimum absolute atomic E-state index is 0.0953. The number of hydrogen-bond donors (Lipinski definition) is 2. The summed E-state index contributed by atoms with van der Waals surface area (Å²) >= 11 is 1.39. The van der Waals surface area contributed by atoms with Gasteiger partial charge in [0, 0.05) is 6.04 Å². The fourth-order valence-corrected chi connectivity index (χ4v) is 2.25. The highest BCUT2D eigenvalue weighted by Gasteiger charge is 2.10. The topological polar surface area (TPSA) is 84.2 Å². The minimum atomic E-state index is -0.328. The molecule has 0 aliphatic rings. The molecule has 0 saturated carbocycles. The van der Waals surface area contributed by atoms with Crippen molar-refractivity contribution in [1.82, 2.24) is 14.9 Å². The molecule has 1 atom stereocenters. The molecule has 7 heteroatoms. The molecule has 0 aromatic carbocycles. The molecule has 2 aromatic rings. The van der Waals surface area contributed by atoms with Crippen LogP contribution in [0.4, 0.5) is 0 Å². The molecule has 0 radical (unpaired) electrons. The largest absolute Gasteiger partial charge is 0.394 e. The van der Waals surface area contributed by atoms with Crippen LogP contribution in [0, 0.1) is 0 Å². The third-order valence-electron chi connectivity index (χ3n) is 2.45. The van der Waals surface area contributed by atoms with E-state index >= 15 is 0 Å². The maximum atomic E-state index is 12.0. The van der Waals surface area contributed by atoms with Crippen molar-refractivity contribution < 1.29 is 9.90 Å². The first-order valence-corrected chi connectivity index (χ1v) is 6.32. The van der Waals surface area contributed by atoms with Gasteiger partial charge in [0.05, 0.1) is 18.3 Å². The molecule has 6 nitrogen and oxygen atoms in total. The lowest BCUT2D eigenvalue weighted by Crippen LogP contribution is -2.39. The summed E-state index contributed by atoms with van der Waals surface area (Å²) in [5.74, 6) is -0.324. The van der Waals surface area contributed by atoms with Gasteiger partial charge in [-0.15, -0.1) is 11.3 Å². The van der Waals surface area contributed by atoms with Gasteiger partial charge in [0.1, 0.15) is 11.4 Å². The SMILES string of the molecule is CC(CO)NC(=O)Cn1cnc2sccc2c1=O. The Morgan fingerprint density at radius 2 is 2.44 bits per heavy atom. The van der Waals surface area contributed by atoms with Crippen LogP contribution >= 0.6 is 11.3 Å². The molecule has 0 saturated heterocycles. The fraction of sp³-hybridized carbons (Fsp3) is 0.364. The standard InChI is InChI=1S/C11H13N3O3S/c1-7(5-15)13-9(16)4-14-6-12-10-8(11(14)17)2-3-18-10/h2-3,6-7,15H,4-5H2,1H3,(H,13,16). The summed E-state index contributed by atoms with van der Waals surface area (Å²) in [7, 11) is 0. The molecule has 1 unspecified atom stereocenters. The van der Waals surface area contributed by atoms with Crippen molar-refractivity contribution in [2.75, 3.05) is 6.61 Å². The van der Waals surface area contributed by atoms with Gasteiger partial charge in [0.25, 0.3) is 5.56 Å². The maximum absolute atomic E-state index is 12.0. The van der Waals surface area contributed by atoms with Crippen molar-refractivity contribution in [2.24, 2.45) is 0 Å². The van der Waals surface area contributed by atoms with Crippen molar-refractivity contribution in [3.05, 3.63) is 28.1 Å². The Kier molecular flexibility index (Phi) is 3.73. The molecule has 2 rings (SSSR count). The summed E-state index contributed by atoms with van der Waals surface area (Å²) in [6.07, 6.45) is 1.37. The predicted molar refractivity (Wildman–Crippen MR) is 68.6 cm³/mol. The summed E-state index contributed by atoms with van der Waals surface area (Å²) in [4.78, 5) is 28.4. The van der Waals surface area contributed by atoms with Crippen molar-refractivity contribution in [1.29, 1.82) is 0 Å². The number of aromatic nitrogens is 2. The van der Waals surface area contributed by atoms with E-state index in [-0.39, 0.29) is 30.7 Å². The molecule has 0 aliphatic carbocycles. The molecule has 2 aromatic heterocycles. The third kappa shape index (κ3) is 2.57. The number of aliphatic hydroxyl groups is 1. The zero-order chi connectivity index (χ0) is 13.1. The first-order chi connectivity index (χ1) is 8.61. The van der Waals surface area contributed by atoms with Gasteiger partial charge in [0.2, 0.25) is 5.91 Å². The zero-order valence-electron chi connectivity index (χ0n) is 9.79. The van der Waals surface area contributed by atoms with Gasteiger partial charge < -0.3 is 10.4 Å². The second-order valence-electron chi connectivity index (χ2n) is 3.97. The van der Waals surface area contributed by atoms with Gasteiger partial charge in [-0.1, -0.05) is 0 Å². The molecule has 96 valence electrons. The molecule has 2 heterocycles. The molecule has 0 spiro atoms. The average molecular weight is 267 g/mol. The van der Waals surface area contributed by atoms with Crippen LogP contribution in [0.5, 0.6) is 0 Å². The number of nitrogens with one attached hydrogen (secondary N) is 1. The lowest BCUT2D eigenvalue weighted by atomic mass is 10.3. The van der Waals surface area contributed by atoms with Crippen LogP contribution in [0.15, 0.2) is 22.6 Å². The van der Waals surface area contributed by atoms with E-state index < -0.39 is 0 Å². The molecule has 2 N–H and O–H groups in total. The number of thiophene rings is 1. The van der Waals surface area contributed by atoms with Crippen molar-refractivity contribution >= 4 is 27.5 Å². The van der Waals surface area contributed by atoms with Gasteiger partial charge in [-0.2, -0.15) is 0 Å². The Balaban J connectivity index is 2.19. The van der Waals surface area contributed by atoms with E-state index in [0.29, 0.717) is 10.2 Å². The van der Waals surface area contributed by atoms with Gasteiger partial charge in [-0.05, 0) is 18.4 Å². The van der Waals surface area contributed by atoms with Crippen LogP contribution in [0.25, 0.3) is 10.2 Å². The van der Waals surface area contributed by atoms with Crippen LogP contribution in [-0.4, -0.2) is 33.2 Å². The highest BCUT2D eigenvalue weighted by atomic mass is 32.1. The average Bonchev–Trinajstić information content (AvgIpc) is 2.81. The van der Waals surface area contributed by atoms with Gasteiger partial charge >= 0.3 is 0 Å². The Hall–Kier alpha value is -1.73. The fourth-order valence-electron chi connectivity index (χ4n) is 1.53. The number of hydrogen-bond acceptors (Lipinski definition) is 5. The number of carbonyl (C=O) groups excluding carboxylic acids is 1. The van der Waals surface area contributed by atoms with E-state index in [9.17, 15) is 9.59 Å². The molecular weight excluding hydrogens is 254 g/mol. The highest BCUT2D eigenvalue weighted by Crippen LogP contribution is 2.12. The second-order valence-corrected chi connectivity index (χ2v) is 4.86. The lowest BCUT2D eigenvalue weighted by Gasteiger charge is -2.11. The Bertz CT molecular complexity index is 619. The van der Waals surface area contributed by atoms with E-state index in [4.69, 9.17) is 5.11 Å². The molecule has 18 heavy (non-hydrogen) atoms. The molecule has 0 aliphatic heterocycles. The molecular formula is C11H13N3O3S. The van der Waals surface area contributed by atoms with Crippen LogP contribution < -0.4 is 10.9 Å². The van der Waals surface area contributed by atoms with E-state index in [0.717, 1.165) is 0 Å². The quantitative estimate of drug-likeness (QED) is 0.814. The first kappa shape index (κ1) is 12.7. The first-order valence-electron chi connectivity index (χ1n) is 5.44. The summed E-state index contributed by atoms with van der Waals surface area (Å²) in [6, 6.07) is 1.37. The van der Waals surface area contributed by atoms with Crippen molar-refractivity contribution in [2.45, 2.75) is 19.5 Å². The number of nitrogens with zero attached hydrogens (tertiary/aromatic N) is 2. The van der Waals surface area contributed by atoms with E-state index in [2.05, 4.69) is 10.3 Å². The third-order valence-corrected chi connectivity index (χ3v) is 3.27. The summed E-state index contributed by atoms with van der Waals surface area (Å²) in [6.45, 7) is 1.45. The predicted octanol–water partition coefficient (Wildman–Crippen LogP) is -0.0450. The monoisotopic (exact) mass is 267 g/mol. The molecule has 1 amide bonds. The maximum Gasteiger partial charge on any atom is 0.262 e. The van der Waals surface area contributed by atoms with E-state index in [1.807, 2.05) is 0 Å². The van der Waals surface area contributed by atoms with Crippen molar-refractivity contribution in [3.8, 4) is 0 Å².